The minimum absolute atomic E-state index is 0.0811. The number of hydrogen-bond acceptors (Lipinski definition) is 6. The van der Waals surface area contributed by atoms with Crippen LogP contribution in [-0.2, 0) is 23.0 Å². The monoisotopic (exact) mass is 759 g/mol. The molecule has 0 amide bonds. The fraction of sp³-hybridized carbons (Fsp3) is 0.326. The Morgan fingerprint density at radius 1 is 0.870 bits per heavy atom. The van der Waals surface area contributed by atoms with E-state index in [1.165, 1.54) is 21.2 Å². The maximum absolute atomic E-state index is 15.0. The molecule has 0 spiro atoms. The third-order valence-electron chi connectivity index (χ3n) is 11.9. The van der Waals surface area contributed by atoms with E-state index < -0.39 is 27.1 Å². The molecule has 1 fully saturated rings. The molecule has 4 unspecified atom stereocenters. The Morgan fingerprint density at radius 2 is 1.59 bits per heavy atom. The Labute approximate surface area is 323 Å². The lowest BCUT2D eigenvalue weighted by atomic mass is 9.64. The highest BCUT2D eigenvalue weighted by atomic mass is 32.2. The summed E-state index contributed by atoms with van der Waals surface area (Å²) < 4.78 is 30.4. The summed E-state index contributed by atoms with van der Waals surface area (Å²) in [6.07, 6.45) is 5.63. The highest BCUT2D eigenvalue weighted by molar-refractivity contribution is 7.91. The maximum Gasteiger partial charge on any atom is 0.252 e. The molecule has 8 heteroatoms. The fourth-order valence-electron chi connectivity index (χ4n) is 8.73. The molecule has 8 rings (SSSR count). The molecule has 1 heterocycles. The summed E-state index contributed by atoms with van der Waals surface area (Å²) in [5, 5.41) is 26.0. The van der Waals surface area contributed by atoms with Gasteiger partial charge in [-0.2, -0.15) is 4.31 Å². The Balaban J connectivity index is 1.35. The van der Waals surface area contributed by atoms with Gasteiger partial charge in [0.25, 0.3) is 10.0 Å². The van der Waals surface area contributed by atoms with Crippen LogP contribution in [0.5, 0.6) is 0 Å². The number of benzene rings is 4. The van der Waals surface area contributed by atoms with Crippen LogP contribution in [0.25, 0.3) is 11.1 Å². The minimum atomic E-state index is -3.95. The van der Waals surface area contributed by atoms with Crippen LogP contribution in [0.2, 0.25) is 0 Å². The van der Waals surface area contributed by atoms with E-state index in [0.29, 0.717) is 49.7 Å². The van der Waals surface area contributed by atoms with Crippen LogP contribution in [0.3, 0.4) is 0 Å². The molecule has 2 N–H and O–H groups in total. The van der Waals surface area contributed by atoms with Crippen molar-refractivity contribution < 1.29 is 23.4 Å². The molecular weight excluding hydrogens is 711 g/mol. The highest BCUT2D eigenvalue weighted by Crippen LogP contribution is 2.59. The number of aliphatic hydroxyl groups excluding tert-OH is 1. The second-order valence-corrected chi connectivity index (χ2v) is 18.5. The van der Waals surface area contributed by atoms with Crippen LogP contribution in [0.1, 0.15) is 90.9 Å². The maximum atomic E-state index is 15.0. The van der Waals surface area contributed by atoms with E-state index >= 15 is 0 Å². The van der Waals surface area contributed by atoms with E-state index in [1.54, 1.807) is 17.5 Å². The van der Waals surface area contributed by atoms with Crippen molar-refractivity contribution in [1.82, 2.24) is 4.31 Å². The van der Waals surface area contributed by atoms with E-state index in [-0.39, 0.29) is 29.0 Å². The largest absolute Gasteiger partial charge is 0.393 e. The first-order valence-electron chi connectivity index (χ1n) is 18.9. The number of hydrogen-bond donors (Lipinski definition) is 2. The summed E-state index contributed by atoms with van der Waals surface area (Å²) in [5.74, 6) is -0.351. The third-order valence-corrected chi connectivity index (χ3v) is 15.1. The average Bonchev–Trinajstić information content (AvgIpc) is 3.82. The van der Waals surface area contributed by atoms with E-state index in [0.717, 1.165) is 34.2 Å². The van der Waals surface area contributed by atoms with Gasteiger partial charge in [0.2, 0.25) is 0 Å². The molecule has 0 radical (unpaired) electrons. The number of carbonyl (C=O) groups is 1. The standard InChI is InChI=1S/C46H49NO5S2/c1-33-13-11-26-45(2)42(25-27-46(45,50)32-47(31-34-14-5-3-6-15-34)54(51,52)43-20-12-28-53-43)39-24-22-35(29-37(48)23-21-33)30-41(39)44(49)40-19-10-9-18-38(40)36-16-7-4-8-17-36/h3-10,12-20,22,24,28,30,37,42,48,50H,11,21,23,25-27,29,31-32H2,1-2H3. The summed E-state index contributed by atoms with van der Waals surface area (Å²) in [7, 11) is -3.95. The van der Waals surface area contributed by atoms with Gasteiger partial charge in [-0.1, -0.05) is 122 Å². The number of rotatable bonds is 9. The van der Waals surface area contributed by atoms with Gasteiger partial charge in [0.1, 0.15) is 4.21 Å². The van der Waals surface area contributed by atoms with Crippen LogP contribution in [-0.4, -0.2) is 47.0 Å². The zero-order valence-corrected chi connectivity index (χ0v) is 32.7. The van der Waals surface area contributed by atoms with Gasteiger partial charge >= 0.3 is 0 Å². The SMILES string of the molecule is CC1=CCCC2(C)C(CCC2(O)CN(Cc2ccccc2)S(=O)(=O)c2cccs2)c2ccc(cc2C(=O)c2ccccc2-c2ccccc2)CC(O)CC1. The smallest absolute Gasteiger partial charge is 0.252 e. The molecule has 5 aromatic rings. The van der Waals surface area contributed by atoms with E-state index in [9.17, 15) is 23.4 Å². The van der Waals surface area contributed by atoms with Crippen molar-refractivity contribution in [2.45, 2.75) is 87.2 Å². The number of thiophene rings is 1. The second kappa shape index (κ2) is 15.9. The molecule has 1 aromatic heterocycles. The quantitative estimate of drug-likeness (QED) is 0.115. The van der Waals surface area contributed by atoms with Gasteiger partial charge in [-0.25, -0.2) is 8.42 Å². The van der Waals surface area contributed by atoms with Crippen LogP contribution in [0.15, 0.2) is 136 Å². The van der Waals surface area contributed by atoms with E-state index in [2.05, 4.69) is 19.9 Å². The van der Waals surface area contributed by atoms with Crippen molar-refractivity contribution in [3.63, 3.8) is 0 Å². The first-order valence-corrected chi connectivity index (χ1v) is 21.3. The lowest BCUT2D eigenvalue weighted by Crippen LogP contribution is -2.53. The van der Waals surface area contributed by atoms with Gasteiger partial charge in [0.05, 0.1) is 11.7 Å². The predicted molar refractivity (Wildman–Crippen MR) is 217 cm³/mol. The first kappa shape index (κ1) is 38.1. The third kappa shape index (κ3) is 7.68. The van der Waals surface area contributed by atoms with Gasteiger partial charge in [-0.05, 0) is 103 Å². The molecule has 3 aliphatic carbocycles. The Kier molecular flexibility index (Phi) is 11.2. The van der Waals surface area contributed by atoms with Gasteiger partial charge in [0.15, 0.2) is 5.78 Å². The zero-order chi connectivity index (χ0) is 37.9. The molecule has 3 aliphatic rings. The zero-order valence-electron chi connectivity index (χ0n) is 31.0. The Hall–Kier alpha value is -4.18. The summed E-state index contributed by atoms with van der Waals surface area (Å²) in [5.41, 5.74) is 4.50. The highest BCUT2D eigenvalue weighted by Gasteiger charge is 2.58. The van der Waals surface area contributed by atoms with Crippen molar-refractivity contribution >= 4 is 27.1 Å². The number of ketones is 1. The topological polar surface area (TPSA) is 94.9 Å². The van der Waals surface area contributed by atoms with E-state index in [4.69, 9.17) is 0 Å². The minimum Gasteiger partial charge on any atom is -0.393 e. The molecule has 0 saturated heterocycles. The normalized spacial score (nSPS) is 23.5. The van der Waals surface area contributed by atoms with Gasteiger partial charge in [-0.15, -0.1) is 11.3 Å². The molecule has 2 bridgehead atoms. The van der Waals surface area contributed by atoms with Crippen LogP contribution >= 0.6 is 11.3 Å². The number of sulfonamides is 1. The lowest BCUT2D eigenvalue weighted by molar-refractivity contribution is -0.0731. The Morgan fingerprint density at radius 3 is 2.33 bits per heavy atom. The van der Waals surface area contributed by atoms with Crippen molar-refractivity contribution in [3.8, 4) is 11.1 Å². The molecule has 4 aromatic carbocycles. The summed E-state index contributed by atoms with van der Waals surface area (Å²) >= 11 is 1.18. The molecule has 4 atom stereocenters. The van der Waals surface area contributed by atoms with E-state index in [1.807, 2.05) is 103 Å². The summed E-state index contributed by atoms with van der Waals surface area (Å²) in [4.78, 5) is 15.0. The van der Waals surface area contributed by atoms with Gasteiger partial charge in [-0.3, -0.25) is 4.79 Å². The van der Waals surface area contributed by atoms with Crippen LogP contribution < -0.4 is 0 Å². The summed E-state index contributed by atoms with van der Waals surface area (Å²) in [6, 6.07) is 36.5. The summed E-state index contributed by atoms with van der Waals surface area (Å²) in [6.45, 7) is 4.23. The second-order valence-electron chi connectivity index (χ2n) is 15.4. The van der Waals surface area contributed by atoms with Crippen LogP contribution in [0.4, 0.5) is 0 Å². The average molecular weight is 760 g/mol. The van der Waals surface area contributed by atoms with Gasteiger partial charge in [0, 0.05) is 29.6 Å². The van der Waals surface area contributed by atoms with Crippen molar-refractivity contribution in [2.75, 3.05) is 6.54 Å². The lowest BCUT2D eigenvalue weighted by Gasteiger charge is -2.46. The first-order chi connectivity index (χ1) is 26.0. The molecule has 54 heavy (non-hydrogen) atoms. The number of carbonyl (C=O) groups excluding carboxylic acids is 1. The Bertz CT molecular complexity index is 2220. The van der Waals surface area contributed by atoms with Crippen molar-refractivity contribution in [1.29, 1.82) is 0 Å². The molecular formula is C46H49NO5S2. The van der Waals surface area contributed by atoms with Crippen molar-refractivity contribution in [2.24, 2.45) is 5.41 Å². The fourth-order valence-corrected chi connectivity index (χ4v) is 11.4. The molecule has 0 aliphatic heterocycles. The number of fused-ring (bicyclic) bond motifs is 8. The van der Waals surface area contributed by atoms with Crippen molar-refractivity contribution in [3.05, 3.63) is 160 Å². The number of aliphatic hydroxyl groups is 2. The van der Waals surface area contributed by atoms with Gasteiger partial charge < -0.3 is 10.2 Å². The molecule has 6 nitrogen and oxygen atoms in total. The molecule has 280 valence electrons. The molecule has 1 saturated carbocycles. The van der Waals surface area contributed by atoms with Crippen LogP contribution in [0, 0.1) is 5.41 Å². The predicted octanol–water partition coefficient (Wildman–Crippen LogP) is 9.58. The number of allylic oxidation sites excluding steroid dienone is 2. The number of nitrogens with zero attached hydrogens (tertiary/aromatic N) is 1.